The molecule has 7 heteroatoms. The minimum Gasteiger partial charge on any atom is -0.481 e. The van der Waals surface area contributed by atoms with Crippen LogP contribution in [0.3, 0.4) is 0 Å². The molecule has 6 nitrogen and oxygen atoms in total. The van der Waals surface area contributed by atoms with Gasteiger partial charge in [-0.1, -0.05) is 24.6 Å². The van der Waals surface area contributed by atoms with Crippen molar-refractivity contribution in [3.05, 3.63) is 46.7 Å². The first-order valence-electron chi connectivity index (χ1n) is 7.24. The molecular weight excluding hydrogens is 318 g/mol. The molecular formula is C16H18ClN3O3. The Kier molecular flexibility index (Phi) is 5.39. The molecule has 0 bridgehead atoms. The summed E-state index contributed by atoms with van der Waals surface area (Å²) in [6, 6.07) is 7.22. The average molecular weight is 336 g/mol. The zero-order valence-corrected chi connectivity index (χ0v) is 13.7. The van der Waals surface area contributed by atoms with Crippen molar-refractivity contribution < 1.29 is 14.7 Å². The van der Waals surface area contributed by atoms with Gasteiger partial charge in [0.1, 0.15) is 0 Å². The van der Waals surface area contributed by atoms with Crippen LogP contribution in [0.4, 0.5) is 0 Å². The first kappa shape index (κ1) is 17.0. The molecule has 0 aliphatic heterocycles. The van der Waals surface area contributed by atoms with Crippen molar-refractivity contribution >= 4 is 23.5 Å². The standard InChI is InChI=1S/C16H18ClN3O3/c1-3-14-13(16(23)19(2)8-7-15(21)22)10-18-20(14)12-6-4-5-11(17)9-12/h4-6,9-10H,3,7-8H2,1-2H3,(H,21,22). The molecule has 0 aliphatic rings. The van der Waals surface area contributed by atoms with Crippen molar-refractivity contribution in [3.63, 3.8) is 0 Å². The second-order valence-corrected chi connectivity index (χ2v) is 5.56. The van der Waals surface area contributed by atoms with E-state index < -0.39 is 5.97 Å². The lowest BCUT2D eigenvalue weighted by atomic mass is 10.1. The number of hydrogen-bond donors (Lipinski definition) is 1. The van der Waals surface area contributed by atoms with E-state index in [0.29, 0.717) is 17.0 Å². The third-order valence-electron chi connectivity index (χ3n) is 3.49. The Labute approximate surface area is 139 Å². The Hall–Kier alpha value is -2.34. The van der Waals surface area contributed by atoms with E-state index in [9.17, 15) is 9.59 Å². The van der Waals surface area contributed by atoms with Crippen molar-refractivity contribution in [2.45, 2.75) is 19.8 Å². The number of amides is 1. The molecule has 1 heterocycles. The Bertz CT molecular complexity index is 727. The normalized spacial score (nSPS) is 10.6. The van der Waals surface area contributed by atoms with Crippen LogP contribution in [0.1, 0.15) is 29.4 Å². The van der Waals surface area contributed by atoms with Gasteiger partial charge < -0.3 is 10.0 Å². The topological polar surface area (TPSA) is 75.4 Å². The summed E-state index contributed by atoms with van der Waals surface area (Å²) in [6.07, 6.45) is 2.03. The van der Waals surface area contributed by atoms with Crippen LogP contribution < -0.4 is 0 Å². The highest BCUT2D eigenvalue weighted by atomic mass is 35.5. The van der Waals surface area contributed by atoms with Crippen LogP contribution in [0.5, 0.6) is 0 Å². The summed E-state index contributed by atoms with van der Waals surface area (Å²) in [6.45, 7) is 2.09. The van der Waals surface area contributed by atoms with Crippen molar-refractivity contribution in [2.24, 2.45) is 0 Å². The number of carbonyl (C=O) groups is 2. The highest BCUT2D eigenvalue weighted by molar-refractivity contribution is 6.30. The van der Waals surface area contributed by atoms with Crippen LogP contribution in [0.25, 0.3) is 5.69 Å². The quantitative estimate of drug-likeness (QED) is 0.880. The number of carboxylic acids is 1. The fourth-order valence-corrected chi connectivity index (χ4v) is 2.48. The van der Waals surface area contributed by atoms with Gasteiger partial charge in [-0.25, -0.2) is 4.68 Å². The molecule has 0 spiro atoms. The van der Waals surface area contributed by atoms with Crippen LogP contribution in [0.15, 0.2) is 30.5 Å². The van der Waals surface area contributed by atoms with Gasteiger partial charge in [-0.3, -0.25) is 9.59 Å². The molecule has 0 fully saturated rings. The van der Waals surface area contributed by atoms with Crippen molar-refractivity contribution in [1.82, 2.24) is 14.7 Å². The Balaban J connectivity index is 2.30. The minimum absolute atomic E-state index is 0.0911. The molecule has 1 amide bonds. The van der Waals surface area contributed by atoms with Crippen LogP contribution in [-0.4, -0.2) is 45.3 Å². The van der Waals surface area contributed by atoms with Crippen LogP contribution in [0.2, 0.25) is 5.02 Å². The summed E-state index contributed by atoms with van der Waals surface area (Å²) in [4.78, 5) is 24.5. The predicted octanol–water partition coefficient (Wildman–Crippen LogP) is 2.63. The van der Waals surface area contributed by atoms with Crippen molar-refractivity contribution in [1.29, 1.82) is 0 Å². The van der Waals surface area contributed by atoms with E-state index >= 15 is 0 Å². The monoisotopic (exact) mass is 335 g/mol. The molecule has 1 N–H and O–H groups in total. The lowest BCUT2D eigenvalue weighted by Crippen LogP contribution is -2.29. The van der Waals surface area contributed by atoms with E-state index in [1.807, 2.05) is 19.1 Å². The minimum atomic E-state index is -0.935. The molecule has 0 saturated carbocycles. The second kappa shape index (κ2) is 7.28. The van der Waals surface area contributed by atoms with Crippen LogP contribution >= 0.6 is 11.6 Å². The lowest BCUT2D eigenvalue weighted by Gasteiger charge is -2.16. The fraction of sp³-hybridized carbons (Fsp3) is 0.312. The van der Waals surface area contributed by atoms with E-state index in [1.54, 1.807) is 23.9 Å². The smallest absolute Gasteiger partial charge is 0.305 e. The molecule has 23 heavy (non-hydrogen) atoms. The number of carbonyl (C=O) groups excluding carboxylic acids is 1. The summed E-state index contributed by atoms with van der Waals surface area (Å²) in [5.74, 6) is -1.17. The van der Waals surface area contributed by atoms with E-state index in [1.165, 1.54) is 11.1 Å². The maximum absolute atomic E-state index is 12.5. The van der Waals surface area contributed by atoms with Gasteiger partial charge in [-0.05, 0) is 24.6 Å². The molecule has 0 atom stereocenters. The Morgan fingerprint density at radius 1 is 1.39 bits per heavy atom. The van der Waals surface area contributed by atoms with Crippen LogP contribution in [0, 0.1) is 0 Å². The fourth-order valence-electron chi connectivity index (χ4n) is 2.29. The summed E-state index contributed by atoms with van der Waals surface area (Å²) in [5.41, 5.74) is 2.02. The highest BCUT2D eigenvalue weighted by Gasteiger charge is 2.20. The van der Waals surface area contributed by atoms with Gasteiger partial charge in [0.25, 0.3) is 5.91 Å². The van der Waals surface area contributed by atoms with Crippen LogP contribution in [-0.2, 0) is 11.2 Å². The van der Waals surface area contributed by atoms with Gasteiger partial charge in [0.15, 0.2) is 0 Å². The lowest BCUT2D eigenvalue weighted by molar-refractivity contribution is -0.137. The first-order valence-corrected chi connectivity index (χ1v) is 7.62. The van der Waals surface area contributed by atoms with E-state index in [2.05, 4.69) is 5.10 Å². The number of aromatic nitrogens is 2. The predicted molar refractivity (Wildman–Crippen MR) is 87.2 cm³/mol. The molecule has 1 aromatic heterocycles. The summed E-state index contributed by atoms with van der Waals surface area (Å²) >= 11 is 6.01. The number of carboxylic acid groups (broad SMARTS) is 1. The zero-order valence-electron chi connectivity index (χ0n) is 13.0. The maximum atomic E-state index is 12.5. The highest BCUT2D eigenvalue weighted by Crippen LogP contribution is 2.20. The summed E-state index contributed by atoms with van der Waals surface area (Å²) in [7, 11) is 1.58. The van der Waals surface area contributed by atoms with Gasteiger partial charge in [-0.2, -0.15) is 5.10 Å². The molecule has 0 radical (unpaired) electrons. The molecule has 122 valence electrons. The molecule has 0 saturated heterocycles. The van der Waals surface area contributed by atoms with Gasteiger partial charge >= 0.3 is 5.97 Å². The van der Waals surface area contributed by atoms with Crippen molar-refractivity contribution in [2.75, 3.05) is 13.6 Å². The second-order valence-electron chi connectivity index (χ2n) is 5.12. The summed E-state index contributed by atoms with van der Waals surface area (Å²) in [5, 5.41) is 13.6. The van der Waals surface area contributed by atoms with Crippen molar-refractivity contribution in [3.8, 4) is 5.69 Å². The van der Waals surface area contributed by atoms with E-state index in [0.717, 1.165) is 11.4 Å². The SMILES string of the molecule is CCc1c(C(=O)N(C)CCC(=O)O)cnn1-c1cccc(Cl)c1. The molecule has 0 unspecified atom stereocenters. The molecule has 0 aliphatic carbocycles. The number of halogens is 1. The zero-order chi connectivity index (χ0) is 17.0. The maximum Gasteiger partial charge on any atom is 0.305 e. The van der Waals surface area contributed by atoms with Gasteiger partial charge in [0.2, 0.25) is 0 Å². The van der Waals surface area contributed by atoms with E-state index in [-0.39, 0.29) is 18.9 Å². The first-order chi connectivity index (χ1) is 10.9. The molecule has 2 aromatic rings. The molecule has 2 rings (SSSR count). The van der Waals surface area contributed by atoms with E-state index in [4.69, 9.17) is 16.7 Å². The third kappa shape index (κ3) is 3.90. The number of aliphatic carboxylic acids is 1. The number of hydrogen-bond acceptors (Lipinski definition) is 3. The van der Waals surface area contributed by atoms with Gasteiger partial charge in [0, 0.05) is 18.6 Å². The van der Waals surface area contributed by atoms with Gasteiger partial charge in [-0.15, -0.1) is 0 Å². The Morgan fingerprint density at radius 3 is 2.74 bits per heavy atom. The third-order valence-corrected chi connectivity index (χ3v) is 3.73. The van der Waals surface area contributed by atoms with Gasteiger partial charge in [0.05, 0.1) is 29.6 Å². The Morgan fingerprint density at radius 2 is 2.13 bits per heavy atom. The number of benzene rings is 1. The average Bonchev–Trinajstić information content (AvgIpc) is 2.95. The number of nitrogens with zero attached hydrogens (tertiary/aromatic N) is 3. The largest absolute Gasteiger partial charge is 0.481 e. The molecule has 1 aromatic carbocycles. The number of rotatable bonds is 6. The summed E-state index contributed by atoms with van der Waals surface area (Å²) < 4.78 is 1.68.